The molecule has 0 aromatic carbocycles. The number of hydrogen-bond acceptors (Lipinski definition) is 6. The van der Waals surface area contributed by atoms with E-state index in [1.54, 1.807) is 0 Å². The van der Waals surface area contributed by atoms with Gasteiger partial charge in [-0.25, -0.2) is 0 Å². The molecule has 6 nitrogen and oxygen atoms in total. The molecule has 1 aromatic heterocycles. The molecule has 1 fully saturated rings. The third-order valence-electron chi connectivity index (χ3n) is 3.43. The van der Waals surface area contributed by atoms with Crippen LogP contribution in [-0.4, -0.2) is 33.8 Å². The predicted molar refractivity (Wildman–Crippen MR) is 89.2 cm³/mol. The van der Waals surface area contributed by atoms with Crippen molar-refractivity contribution in [3.8, 4) is 0 Å². The smallest absolute Gasteiger partial charge is 0.230 e. The third kappa shape index (κ3) is 5.92. The van der Waals surface area contributed by atoms with Crippen LogP contribution < -0.4 is 10.6 Å². The van der Waals surface area contributed by atoms with Crippen molar-refractivity contribution in [3.05, 3.63) is 0 Å². The van der Waals surface area contributed by atoms with E-state index in [0.29, 0.717) is 27.7 Å². The molecular formula is C14H22N4O2S2. The van der Waals surface area contributed by atoms with Gasteiger partial charge in [0.2, 0.25) is 16.9 Å². The van der Waals surface area contributed by atoms with Crippen LogP contribution in [0.25, 0.3) is 0 Å². The molecule has 0 atom stereocenters. The van der Waals surface area contributed by atoms with Crippen LogP contribution in [0.4, 0.5) is 5.13 Å². The number of carbonyl (C=O) groups excluding carboxylic acids is 2. The lowest BCUT2D eigenvalue weighted by Crippen LogP contribution is -2.37. The third-order valence-corrected chi connectivity index (χ3v) is 5.40. The van der Waals surface area contributed by atoms with Crippen molar-refractivity contribution >= 4 is 40.0 Å². The number of rotatable bonds is 7. The van der Waals surface area contributed by atoms with E-state index in [1.807, 2.05) is 6.92 Å². The molecule has 0 saturated heterocycles. The molecule has 2 N–H and O–H groups in total. The van der Waals surface area contributed by atoms with Gasteiger partial charge in [-0.1, -0.05) is 49.3 Å². The fourth-order valence-electron chi connectivity index (χ4n) is 2.37. The van der Waals surface area contributed by atoms with Crippen LogP contribution in [0.5, 0.6) is 0 Å². The number of thioether (sulfide) groups is 1. The van der Waals surface area contributed by atoms with E-state index in [4.69, 9.17) is 0 Å². The molecule has 1 heterocycles. The Balaban J connectivity index is 1.71. The van der Waals surface area contributed by atoms with E-state index in [1.165, 1.54) is 42.4 Å². The van der Waals surface area contributed by atoms with Crippen molar-refractivity contribution in [2.45, 2.75) is 62.3 Å². The average Bonchev–Trinajstić information content (AvgIpc) is 2.94. The number of nitrogens with one attached hydrogen (secondary N) is 2. The first-order valence-electron chi connectivity index (χ1n) is 7.73. The Morgan fingerprint density at radius 3 is 2.73 bits per heavy atom. The zero-order valence-electron chi connectivity index (χ0n) is 12.8. The van der Waals surface area contributed by atoms with Crippen molar-refractivity contribution < 1.29 is 9.59 Å². The Morgan fingerprint density at radius 2 is 2.00 bits per heavy atom. The molecule has 1 aromatic rings. The number of anilines is 1. The monoisotopic (exact) mass is 342 g/mol. The van der Waals surface area contributed by atoms with Gasteiger partial charge in [0.15, 0.2) is 4.34 Å². The van der Waals surface area contributed by atoms with E-state index in [9.17, 15) is 9.59 Å². The molecule has 0 aliphatic heterocycles. The number of nitrogens with zero attached hydrogens (tertiary/aromatic N) is 2. The molecule has 22 heavy (non-hydrogen) atoms. The minimum atomic E-state index is -0.0507. The lowest BCUT2D eigenvalue weighted by Gasteiger charge is -2.22. The maximum Gasteiger partial charge on any atom is 0.230 e. The van der Waals surface area contributed by atoms with Crippen LogP contribution in [0, 0.1) is 0 Å². The summed E-state index contributed by atoms with van der Waals surface area (Å²) in [6, 6.07) is 0.333. The first-order chi connectivity index (χ1) is 10.7. The second-order valence-corrected chi connectivity index (χ2v) is 7.56. The summed E-state index contributed by atoms with van der Waals surface area (Å²) in [7, 11) is 0. The minimum absolute atomic E-state index is 0.0451. The standard InChI is InChI=1S/C14H22N4O2S2/c1-2-6-11(19)16-13-17-18-14(22-13)21-9-12(20)15-10-7-4-3-5-8-10/h10H,2-9H2,1H3,(H,15,20)(H,16,17,19). The van der Waals surface area contributed by atoms with Gasteiger partial charge in [0, 0.05) is 12.5 Å². The molecule has 0 radical (unpaired) electrons. The summed E-state index contributed by atoms with van der Waals surface area (Å²) in [5, 5.41) is 14.2. The summed E-state index contributed by atoms with van der Waals surface area (Å²) in [6.45, 7) is 1.95. The highest BCUT2D eigenvalue weighted by atomic mass is 32.2. The molecule has 1 aliphatic rings. The number of carbonyl (C=O) groups is 2. The molecule has 1 saturated carbocycles. The Labute approximate surface area is 138 Å². The summed E-state index contributed by atoms with van der Waals surface area (Å²) in [5.74, 6) is 0.336. The van der Waals surface area contributed by atoms with Crippen LogP contribution in [0.15, 0.2) is 4.34 Å². The molecule has 0 spiro atoms. The van der Waals surface area contributed by atoms with Gasteiger partial charge in [0.1, 0.15) is 0 Å². The largest absolute Gasteiger partial charge is 0.353 e. The molecule has 0 unspecified atom stereocenters. The van der Waals surface area contributed by atoms with E-state index in [0.717, 1.165) is 19.3 Å². The van der Waals surface area contributed by atoms with Crippen molar-refractivity contribution in [1.82, 2.24) is 15.5 Å². The molecule has 8 heteroatoms. The Hall–Kier alpha value is -1.15. The predicted octanol–water partition coefficient (Wildman–Crippen LogP) is 2.82. The van der Waals surface area contributed by atoms with E-state index in [-0.39, 0.29) is 11.8 Å². The lowest BCUT2D eigenvalue weighted by molar-refractivity contribution is -0.119. The van der Waals surface area contributed by atoms with Crippen LogP contribution in [0.2, 0.25) is 0 Å². The van der Waals surface area contributed by atoms with Gasteiger partial charge < -0.3 is 10.6 Å². The maximum absolute atomic E-state index is 11.9. The summed E-state index contributed by atoms with van der Waals surface area (Å²) in [5.41, 5.74) is 0. The molecule has 2 rings (SSSR count). The van der Waals surface area contributed by atoms with Gasteiger partial charge >= 0.3 is 0 Å². The fraction of sp³-hybridized carbons (Fsp3) is 0.714. The fourth-order valence-corrected chi connectivity index (χ4v) is 3.95. The van der Waals surface area contributed by atoms with Crippen molar-refractivity contribution in [2.75, 3.05) is 11.1 Å². The van der Waals surface area contributed by atoms with Crippen LogP contribution in [0.3, 0.4) is 0 Å². The highest BCUT2D eigenvalue weighted by molar-refractivity contribution is 8.01. The Morgan fingerprint density at radius 1 is 1.23 bits per heavy atom. The topological polar surface area (TPSA) is 84.0 Å². The minimum Gasteiger partial charge on any atom is -0.353 e. The first-order valence-corrected chi connectivity index (χ1v) is 9.53. The van der Waals surface area contributed by atoms with Crippen molar-refractivity contribution in [2.24, 2.45) is 0 Å². The summed E-state index contributed by atoms with van der Waals surface area (Å²) < 4.78 is 0.700. The Bertz CT molecular complexity index is 501. The zero-order valence-corrected chi connectivity index (χ0v) is 14.4. The quantitative estimate of drug-likeness (QED) is 0.588. The SMILES string of the molecule is CCCC(=O)Nc1nnc(SCC(=O)NC2CCCCC2)s1. The summed E-state index contributed by atoms with van der Waals surface area (Å²) >= 11 is 2.66. The van der Waals surface area contributed by atoms with Gasteiger partial charge in [0.05, 0.1) is 5.75 Å². The highest BCUT2D eigenvalue weighted by Gasteiger charge is 2.16. The normalized spacial score (nSPS) is 15.5. The Kier molecular flexibility index (Phi) is 7.11. The maximum atomic E-state index is 11.9. The van der Waals surface area contributed by atoms with Crippen LogP contribution >= 0.6 is 23.1 Å². The molecule has 0 bridgehead atoms. The lowest BCUT2D eigenvalue weighted by atomic mass is 9.95. The highest BCUT2D eigenvalue weighted by Crippen LogP contribution is 2.25. The number of amides is 2. The first kappa shape index (κ1) is 17.2. The molecule has 2 amide bonds. The second kappa shape index (κ2) is 9.09. The van der Waals surface area contributed by atoms with E-state index >= 15 is 0 Å². The summed E-state index contributed by atoms with van der Waals surface area (Å²) in [4.78, 5) is 23.4. The number of aromatic nitrogens is 2. The van der Waals surface area contributed by atoms with Gasteiger partial charge in [-0.05, 0) is 19.3 Å². The van der Waals surface area contributed by atoms with Crippen LogP contribution in [-0.2, 0) is 9.59 Å². The molecular weight excluding hydrogens is 320 g/mol. The van der Waals surface area contributed by atoms with Crippen molar-refractivity contribution in [1.29, 1.82) is 0 Å². The average molecular weight is 342 g/mol. The molecule has 122 valence electrons. The summed E-state index contributed by atoms with van der Waals surface area (Å²) in [6.07, 6.45) is 7.13. The second-order valence-electron chi connectivity index (χ2n) is 5.36. The van der Waals surface area contributed by atoms with Gasteiger partial charge in [0.25, 0.3) is 0 Å². The van der Waals surface area contributed by atoms with Crippen LogP contribution in [0.1, 0.15) is 51.9 Å². The number of hydrogen-bond donors (Lipinski definition) is 2. The van der Waals surface area contributed by atoms with E-state index < -0.39 is 0 Å². The van der Waals surface area contributed by atoms with Gasteiger partial charge in [-0.15, -0.1) is 10.2 Å². The zero-order chi connectivity index (χ0) is 15.8. The van der Waals surface area contributed by atoms with E-state index in [2.05, 4.69) is 20.8 Å². The van der Waals surface area contributed by atoms with Crippen molar-refractivity contribution in [3.63, 3.8) is 0 Å². The molecule has 1 aliphatic carbocycles. The van der Waals surface area contributed by atoms with Gasteiger partial charge in [-0.3, -0.25) is 9.59 Å². The van der Waals surface area contributed by atoms with Gasteiger partial charge in [-0.2, -0.15) is 0 Å².